The Bertz CT molecular complexity index is 1070. The molecule has 0 spiro atoms. The molecule has 1 amide bonds. The van der Waals surface area contributed by atoms with Gasteiger partial charge in [-0.25, -0.2) is 0 Å². The van der Waals surface area contributed by atoms with Crippen molar-refractivity contribution in [3.8, 4) is 17.2 Å². The molecule has 0 aromatic heterocycles. The van der Waals surface area contributed by atoms with E-state index in [0.717, 1.165) is 16.8 Å². The van der Waals surface area contributed by atoms with Gasteiger partial charge in [-0.05, 0) is 54.4 Å². The molecule has 6 heteroatoms. The van der Waals surface area contributed by atoms with E-state index in [2.05, 4.69) is 0 Å². The Morgan fingerprint density at radius 3 is 2.30 bits per heavy atom. The zero-order valence-corrected chi connectivity index (χ0v) is 17.7. The van der Waals surface area contributed by atoms with Crippen molar-refractivity contribution in [3.05, 3.63) is 82.9 Å². The van der Waals surface area contributed by atoms with E-state index >= 15 is 0 Å². The van der Waals surface area contributed by atoms with Crippen molar-refractivity contribution in [2.24, 2.45) is 0 Å². The minimum Gasteiger partial charge on any atom is -0.493 e. The summed E-state index contributed by atoms with van der Waals surface area (Å²) in [6, 6.07) is 20.2. The smallest absolute Gasteiger partial charge is 0.271 e. The summed E-state index contributed by atoms with van der Waals surface area (Å²) in [6.45, 7) is 1.93. The molecular formula is C24H22ClNO4. The third kappa shape index (κ3) is 3.57. The average molecular weight is 424 g/mol. The number of carbonyl (C=O) groups is 1. The van der Waals surface area contributed by atoms with Crippen LogP contribution in [0, 0.1) is 6.92 Å². The molecule has 2 atom stereocenters. The zero-order chi connectivity index (χ0) is 21.3. The van der Waals surface area contributed by atoms with Gasteiger partial charge < -0.3 is 14.2 Å². The highest BCUT2D eigenvalue weighted by Crippen LogP contribution is 2.44. The first-order valence-corrected chi connectivity index (χ1v) is 9.94. The number of benzene rings is 3. The van der Waals surface area contributed by atoms with E-state index in [1.165, 1.54) is 0 Å². The molecule has 1 aliphatic heterocycles. The highest BCUT2D eigenvalue weighted by molar-refractivity contribution is 6.31. The number of aryl methyl sites for hydroxylation is 1. The maximum Gasteiger partial charge on any atom is 0.271 e. The van der Waals surface area contributed by atoms with Gasteiger partial charge in [-0.3, -0.25) is 9.69 Å². The van der Waals surface area contributed by atoms with Crippen molar-refractivity contribution in [1.29, 1.82) is 0 Å². The van der Waals surface area contributed by atoms with Crippen LogP contribution in [0.5, 0.6) is 17.2 Å². The summed E-state index contributed by atoms with van der Waals surface area (Å²) in [5.74, 6) is 1.73. The van der Waals surface area contributed by atoms with E-state index in [0.29, 0.717) is 22.3 Å². The fraction of sp³-hybridized carbons (Fsp3) is 0.208. The summed E-state index contributed by atoms with van der Waals surface area (Å²) in [5, 5.41) is 0.610. The average Bonchev–Trinajstić information content (AvgIpc) is 2.78. The van der Waals surface area contributed by atoms with E-state index in [9.17, 15) is 4.79 Å². The molecular weight excluding hydrogens is 402 g/mol. The lowest BCUT2D eigenvalue weighted by molar-refractivity contribution is -0.135. The summed E-state index contributed by atoms with van der Waals surface area (Å²) >= 11 is 6.33. The first-order valence-electron chi connectivity index (χ1n) is 9.56. The SMILES string of the molecule is COc1ccc([C@@H]2[C@H](Oc3ccccc3)C(=O)N2c2ccc(C)c(Cl)c2)cc1OC. The van der Waals surface area contributed by atoms with Gasteiger partial charge in [0.05, 0.1) is 14.2 Å². The Kier molecular flexibility index (Phi) is 5.55. The topological polar surface area (TPSA) is 48.0 Å². The van der Waals surface area contributed by atoms with Crippen LogP contribution in [0.2, 0.25) is 5.02 Å². The Morgan fingerprint density at radius 1 is 0.900 bits per heavy atom. The molecule has 0 radical (unpaired) electrons. The third-order valence-corrected chi connectivity index (χ3v) is 5.64. The van der Waals surface area contributed by atoms with Gasteiger partial charge >= 0.3 is 0 Å². The van der Waals surface area contributed by atoms with Gasteiger partial charge in [0.25, 0.3) is 5.91 Å². The number of anilines is 1. The van der Waals surface area contributed by atoms with Gasteiger partial charge in [0.15, 0.2) is 11.5 Å². The van der Waals surface area contributed by atoms with Crippen molar-refractivity contribution < 1.29 is 19.0 Å². The second kappa shape index (κ2) is 8.28. The van der Waals surface area contributed by atoms with Crippen molar-refractivity contribution >= 4 is 23.2 Å². The molecule has 0 saturated carbocycles. The Morgan fingerprint density at radius 2 is 1.63 bits per heavy atom. The van der Waals surface area contributed by atoms with Crippen LogP contribution >= 0.6 is 11.6 Å². The normalized spacial score (nSPS) is 18.0. The predicted octanol–water partition coefficient (Wildman–Crippen LogP) is 5.20. The van der Waals surface area contributed by atoms with Crippen molar-refractivity contribution in [1.82, 2.24) is 0 Å². The standard InChI is InChI=1S/C24H22ClNO4/c1-15-9-11-17(14-19(15)25)26-22(16-10-12-20(28-2)21(13-16)29-3)23(24(26)27)30-18-7-5-4-6-8-18/h4-14,22-23H,1-3H3/t22-,23+/m1/s1. The van der Waals surface area contributed by atoms with Crippen LogP contribution in [-0.2, 0) is 4.79 Å². The number of methoxy groups -OCH3 is 2. The number of halogens is 1. The number of rotatable bonds is 6. The minimum atomic E-state index is -0.662. The van der Waals surface area contributed by atoms with Crippen LogP contribution in [0.3, 0.4) is 0 Å². The Hall–Kier alpha value is -3.18. The van der Waals surface area contributed by atoms with Crippen LogP contribution < -0.4 is 19.1 Å². The Labute approximate surface area is 180 Å². The first kappa shape index (κ1) is 20.1. The number of ether oxygens (including phenoxy) is 3. The lowest BCUT2D eigenvalue weighted by atomic mass is 9.89. The van der Waals surface area contributed by atoms with Crippen molar-refractivity contribution in [2.45, 2.75) is 19.1 Å². The quantitative estimate of drug-likeness (QED) is 0.511. The van der Waals surface area contributed by atoms with E-state index in [4.69, 9.17) is 25.8 Å². The van der Waals surface area contributed by atoms with Gasteiger partial charge in [-0.15, -0.1) is 0 Å². The molecule has 0 unspecified atom stereocenters. The molecule has 30 heavy (non-hydrogen) atoms. The number of β-lactam (4-membered cyclic amide) rings is 1. The summed E-state index contributed by atoms with van der Waals surface area (Å²) in [7, 11) is 3.18. The number of para-hydroxylation sites is 1. The Balaban J connectivity index is 1.74. The third-order valence-electron chi connectivity index (χ3n) is 5.23. The molecule has 3 aromatic rings. The number of hydrogen-bond donors (Lipinski definition) is 0. The number of carbonyl (C=O) groups excluding carboxylic acids is 1. The minimum absolute atomic E-state index is 0.126. The molecule has 5 nitrogen and oxygen atoms in total. The first-order chi connectivity index (χ1) is 14.5. The van der Waals surface area contributed by atoms with Crippen LogP contribution in [0.15, 0.2) is 66.7 Å². The number of nitrogens with zero attached hydrogens (tertiary/aromatic N) is 1. The van der Waals surface area contributed by atoms with E-state index in [1.807, 2.05) is 67.6 Å². The summed E-state index contributed by atoms with van der Waals surface area (Å²) < 4.78 is 16.9. The maximum absolute atomic E-state index is 13.1. The van der Waals surface area contributed by atoms with Gasteiger partial charge in [0.2, 0.25) is 6.10 Å². The highest BCUT2D eigenvalue weighted by atomic mass is 35.5. The fourth-order valence-electron chi connectivity index (χ4n) is 3.60. The molecule has 0 aliphatic carbocycles. The molecule has 4 rings (SSSR count). The highest BCUT2D eigenvalue weighted by Gasteiger charge is 2.51. The van der Waals surface area contributed by atoms with Crippen LogP contribution in [0.1, 0.15) is 17.2 Å². The van der Waals surface area contributed by atoms with Crippen LogP contribution in [0.25, 0.3) is 0 Å². The summed E-state index contributed by atoms with van der Waals surface area (Å²) in [5.41, 5.74) is 2.56. The summed E-state index contributed by atoms with van der Waals surface area (Å²) in [6.07, 6.45) is -0.662. The maximum atomic E-state index is 13.1. The van der Waals surface area contributed by atoms with Crippen molar-refractivity contribution in [3.63, 3.8) is 0 Å². The number of hydrogen-bond acceptors (Lipinski definition) is 4. The zero-order valence-electron chi connectivity index (χ0n) is 17.0. The van der Waals surface area contributed by atoms with Crippen molar-refractivity contribution in [2.75, 3.05) is 19.1 Å². The fourth-order valence-corrected chi connectivity index (χ4v) is 3.78. The molecule has 1 saturated heterocycles. The monoisotopic (exact) mass is 423 g/mol. The van der Waals surface area contributed by atoms with Gasteiger partial charge in [-0.2, -0.15) is 0 Å². The molecule has 1 heterocycles. The van der Waals surface area contributed by atoms with E-state index in [1.54, 1.807) is 25.2 Å². The number of amides is 1. The molecule has 1 fully saturated rings. The predicted molar refractivity (Wildman–Crippen MR) is 117 cm³/mol. The second-order valence-electron chi connectivity index (χ2n) is 7.05. The molecule has 1 aliphatic rings. The largest absolute Gasteiger partial charge is 0.493 e. The molecule has 0 N–H and O–H groups in total. The van der Waals surface area contributed by atoms with E-state index < -0.39 is 6.10 Å². The van der Waals surface area contributed by atoms with Gasteiger partial charge in [0, 0.05) is 10.7 Å². The molecule has 3 aromatic carbocycles. The van der Waals surface area contributed by atoms with Crippen LogP contribution in [-0.4, -0.2) is 26.2 Å². The molecule has 0 bridgehead atoms. The molecule has 154 valence electrons. The summed E-state index contributed by atoms with van der Waals surface area (Å²) in [4.78, 5) is 14.8. The second-order valence-corrected chi connectivity index (χ2v) is 7.46. The lowest BCUT2D eigenvalue weighted by Gasteiger charge is -2.46. The van der Waals surface area contributed by atoms with Gasteiger partial charge in [-0.1, -0.05) is 41.9 Å². The lowest BCUT2D eigenvalue weighted by Crippen LogP contribution is -2.61. The van der Waals surface area contributed by atoms with E-state index in [-0.39, 0.29) is 11.9 Å². The van der Waals surface area contributed by atoms with Gasteiger partial charge in [0.1, 0.15) is 11.8 Å². The van der Waals surface area contributed by atoms with Crippen LogP contribution in [0.4, 0.5) is 5.69 Å².